The van der Waals surface area contributed by atoms with Gasteiger partial charge in [0.05, 0.1) is 12.8 Å². The number of fused-ring (bicyclic) bond motifs is 1. The molecule has 2 aromatic rings. The first-order valence-electron chi connectivity index (χ1n) is 8.42. The van der Waals surface area contributed by atoms with Gasteiger partial charge in [0.1, 0.15) is 12.3 Å². The van der Waals surface area contributed by atoms with Gasteiger partial charge in [-0.3, -0.25) is 9.59 Å². The first-order chi connectivity index (χ1) is 12.1. The molecule has 2 aromatic carbocycles. The van der Waals surface area contributed by atoms with Crippen molar-refractivity contribution in [2.45, 2.75) is 26.2 Å². The lowest BCUT2D eigenvalue weighted by Crippen LogP contribution is -2.37. The summed E-state index contributed by atoms with van der Waals surface area (Å²) in [7, 11) is 1.57. The summed E-state index contributed by atoms with van der Waals surface area (Å²) in [6, 6.07) is 13.4. The summed E-state index contributed by atoms with van der Waals surface area (Å²) in [6.07, 6.45) is 2.11. The first-order valence-corrected chi connectivity index (χ1v) is 8.42. The molecule has 5 heteroatoms. The number of hydrogen-bond acceptors (Lipinski definition) is 3. The smallest absolute Gasteiger partial charge is 0.244 e. The second-order valence-electron chi connectivity index (χ2n) is 6.16. The molecule has 0 atom stereocenters. The van der Waals surface area contributed by atoms with Gasteiger partial charge in [0, 0.05) is 12.1 Å². The van der Waals surface area contributed by atoms with E-state index in [1.165, 1.54) is 0 Å². The van der Waals surface area contributed by atoms with Gasteiger partial charge in [-0.05, 0) is 43.0 Å². The van der Waals surface area contributed by atoms with Crippen molar-refractivity contribution >= 4 is 23.2 Å². The summed E-state index contributed by atoms with van der Waals surface area (Å²) in [5, 5.41) is 2.89. The predicted molar refractivity (Wildman–Crippen MR) is 98.1 cm³/mol. The van der Waals surface area contributed by atoms with Crippen LogP contribution in [0.15, 0.2) is 42.5 Å². The Morgan fingerprint density at radius 2 is 1.96 bits per heavy atom. The Morgan fingerprint density at radius 1 is 1.16 bits per heavy atom. The van der Waals surface area contributed by atoms with Gasteiger partial charge in [-0.1, -0.05) is 30.3 Å². The molecule has 3 rings (SSSR count). The van der Waals surface area contributed by atoms with Gasteiger partial charge in [-0.25, -0.2) is 0 Å². The van der Waals surface area contributed by atoms with Crippen LogP contribution >= 0.6 is 0 Å². The van der Waals surface area contributed by atoms with Crippen LogP contribution in [0.1, 0.15) is 24.0 Å². The number of methoxy groups -OCH3 is 1. The monoisotopic (exact) mass is 338 g/mol. The molecule has 0 unspecified atom stereocenters. The number of carbonyl (C=O) groups excluding carboxylic acids is 2. The molecule has 0 saturated carbocycles. The van der Waals surface area contributed by atoms with Crippen molar-refractivity contribution in [2.24, 2.45) is 0 Å². The normalized spacial score (nSPS) is 13.8. The van der Waals surface area contributed by atoms with E-state index in [1.807, 2.05) is 43.3 Å². The lowest BCUT2D eigenvalue weighted by Gasteiger charge is -2.23. The third kappa shape index (κ3) is 3.65. The summed E-state index contributed by atoms with van der Waals surface area (Å²) in [5.41, 5.74) is 3.49. The van der Waals surface area contributed by atoms with E-state index in [-0.39, 0.29) is 18.4 Å². The number of aryl methyl sites for hydroxylation is 2. The van der Waals surface area contributed by atoms with Gasteiger partial charge in [-0.2, -0.15) is 0 Å². The Balaban J connectivity index is 1.82. The summed E-state index contributed by atoms with van der Waals surface area (Å²) < 4.78 is 5.32. The number of para-hydroxylation sites is 2. The van der Waals surface area contributed by atoms with Crippen molar-refractivity contribution in [3.8, 4) is 5.75 Å². The zero-order chi connectivity index (χ0) is 17.8. The van der Waals surface area contributed by atoms with Crippen LogP contribution in [-0.2, 0) is 16.0 Å². The fourth-order valence-corrected chi connectivity index (χ4v) is 3.15. The molecule has 0 radical (unpaired) electrons. The van der Waals surface area contributed by atoms with Crippen molar-refractivity contribution in [2.75, 3.05) is 23.9 Å². The number of nitrogens with one attached hydrogen (secondary N) is 1. The number of hydrogen-bond donors (Lipinski definition) is 1. The molecular weight excluding hydrogens is 316 g/mol. The molecule has 0 spiro atoms. The van der Waals surface area contributed by atoms with Crippen LogP contribution in [0.4, 0.5) is 11.4 Å². The molecule has 0 aliphatic carbocycles. The number of benzene rings is 2. The largest absolute Gasteiger partial charge is 0.495 e. The zero-order valence-electron chi connectivity index (χ0n) is 14.5. The van der Waals surface area contributed by atoms with Gasteiger partial charge in [0.25, 0.3) is 0 Å². The van der Waals surface area contributed by atoms with Crippen LogP contribution in [0.25, 0.3) is 0 Å². The summed E-state index contributed by atoms with van der Waals surface area (Å²) in [5.74, 6) is 0.352. The fourth-order valence-electron chi connectivity index (χ4n) is 3.15. The third-order valence-electron chi connectivity index (χ3n) is 4.44. The maximum Gasteiger partial charge on any atom is 0.244 e. The second-order valence-corrected chi connectivity index (χ2v) is 6.16. The predicted octanol–water partition coefficient (Wildman–Crippen LogP) is 3.31. The third-order valence-corrected chi connectivity index (χ3v) is 4.44. The molecule has 0 bridgehead atoms. The molecule has 25 heavy (non-hydrogen) atoms. The summed E-state index contributed by atoms with van der Waals surface area (Å²) in [4.78, 5) is 26.7. The van der Waals surface area contributed by atoms with Crippen molar-refractivity contribution in [1.82, 2.24) is 0 Å². The quantitative estimate of drug-likeness (QED) is 0.930. The topological polar surface area (TPSA) is 58.6 Å². The summed E-state index contributed by atoms with van der Waals surface area (Å²) >= 11 is 0. The van der Waals surface area contributed by atoms with Crippen molar-refractivity contribution < 1.29 is 14.3 Å². The van der Waals surface area contributed by atoms with Crippen molar-refractivity contribution in [1.29, 1.82) is 0 Å². The Labute approximate surface area is 147 Å². The fraction of sp³-hybridized carbons (Fsp3) is 0.300. The number of carbonyl (C=O) groups is 2. The first kappa shape index (κ1) is 17.0. The molecular formula is C20H22N2O3. The van der Waals surface area contributed by atoms with E-state index in [4.69, 9.17) is 4.74 Å². The van der Waals surface area contributed by atoms with Gasteiger partial charge in [0.15, 0.2) is 0 Å². The molecule has 0 fully saturated rings. The van der Waals surface area contributed by atoms with E-state index in [2.05, 4.69) is 5.32 Å². The second kappa shape index (κ2) is 7.38. The Morgan fingerprint density at radius 3 is 2.76 bits per heavy atom. The minimum atomic E-state index is -0.238. The lowest BCUT2D eigenvalue weighted by atomic mass is 10.1. The number of ether oxygens (including phenoxy) is 1. The van der Waals surface area contributed by atoms with E-state index in [0.717, 1.165) is 29.7 Å². The maximum absolute atomic E-state index is 12.6. The molecule has 1 heterocycles. The van der Waals surface area contributed by atoms with Gasteiger partial charge in [0.2, 0.25) is 11.8 Å². The minimum Gasteiger partial charge on any atom is -0.495 e. The van der Waals surface area contributed by atoms with E-state index in [1.54, 1.807) is 18.1 Å². The van der Waals surface area contributed by atoms with E-state index < -0.39 is 0 Å². The highest BCUT2D eigenvalue weighted by atomic mass is 16.5. The Hall–Kier alpha value is -2.82. The van der Waals surface area contributed by atoms with Gasteiger partial charge in [-0.15, -0.1) is 0 Å². The molecule has 130 valence electrons. The molecule has 0 aromatic heterocycles. The highest BCUT2D eigenvalue weighted by Gasteiger charge is 2.24. The molecule has 2 amide bonds. The SMILES string of the molecule is COc1cccc(C)c1NC(=O)CN1C(=O)CCCc2ccccc21. The average molecular weight is 338 g/mol. The number of nitrogens with zero attached hydrogens (tertiary/aromatic N) is 1. The number of anilines is 2. The van der Waals surface area contributed by atoms with Gasteiger partial charge < -0.3 is 15.0 Å². The molecule has 5 nitrogen and oxygen atoms in total. The van der Waals surface area contributed by atoms with Crippen molar-refractivity contribution in [3.63, 3.8) is 0 Å². The van der Waals surface area contributed by atoms with Crippen LogP contribution < -0.4 is 15.0 Å². The van der Waals surface area contributed by atoms with Crippen LogP contribution in [0, 0.1) is 6.92 Å². The number of amides is 2. The molecule has 1 aliphatic rings. The molecule has 0 saturated heterocycles. The Bertz CT molecular complexity index is 801. The standard InChI is InChI=1S/C20H22N2O3/c1-14-7-5-11-17(25-2)20(14)21-18(23)13-22-16-10-4-3-8-15(16)9-6-12-19(22)24/h3-5,7-8,10-11H,6,9,12-13H2,1-2H3,(H,21,23). The average Bonchev–Trinajstić information content (AvgIpc) is 2.76. The van der Waals surface area contributed by atoms with Crippen molar-refractivity contribution in [3.05, 3.63) is 53.6 Å². The van der Waals surface area contributed by atoms with Crippen LogP contribution in [-0.4, -0.2) is 25.5 Å². The number of rotatable bonds is 4. The highest BCUT2D eigenvalue weighted by Crippen LogP contribution is 2.29. The zero-order valence-corrected chi connectivity index (χ0v) is 14.5. The summed E-state index contributed by atoms with van der Waals surface area (Å²) in [6.45, 7) is 1.90. The molecule has 1 N–H and O–H groups in total. The van der Waals surface area contributed by atoms with Gasteiger partial charge >= 0.3 is 0 Å². The maximum atomic E-state index is 12.6. The highest BCUT2D eigenvalue weighted by molar-refractivity contribution is 6.04. The van der Waals surface area contributed by atoms with Crippen LogP contribution in [0.2, 0.25) is 0 Å². The van der Waals surface area contributed by atoms with E-state index in [9.17, 15) is 9.59 Å². The van der Waals surface area contributed by atoms with E-state index >= 15 is 0 Å². The molecule has 1 aliphatic heterocycles. The lowest BCUT2D eigenvalue weighted by molar-refractivity contribution is -0.121. The minimum absolute atomic E-state index is 0.00661. The van der Waals surface area contributed by atoms with E-state index in [0.29, 0.717) is 17.9 Å². The van der Waals surface area contributed by atoms with Crippen LogP contribution in [0.3, 0.4) is 0 Å². The van der Waals surface area contributed by atoms with Crippen LogP contribution in [0.5, 0.6) is 5.75 Å². The Kier molecular flexibility index (Phi) is 5.03.